The number of rotatable bonds is 1. The number of nitrogens with zero attached hydrogens (tertiary/aromatic N) is 1. The second kappa shape index (κ2) is 5.73. The van der Waals surface area contributed by atoms with Crippen LogP contribution < -0.4 is 0 Å². The third kappa shape index (κ3) is 2.33. The Morgan fingerprint density at radius 3 is 2.79 bits per heavy atom. The molecule has 5 nitrogen and oxygen atoms in total. The SMILES string of the molecule is CC1OC(=O)C2=C1N=C1COCC(=O)C1C2c1ccc(F)c(I)c1. The highest BCUT2D eigenvalue weighted by atomic mass is 127. The molecular formula is C17H13FINO4. The Bertz CT molecular complexity index is 832. The van der Waals surface area contributed by atoms with Crippen molar-refractivity contribution in [2.24, 2.45) is 10.9 Å². The highest BCUT2D eigenvalue weighted by Crippen LogP contribution is 2.45. The largest absolute Gasteiger partial charge is 0.453 e. The van der Waals surface area contributed by atoms with Gasteiger partial charge in [0.2, 0.25) is 0 Å². The van der Waals surface area contributed by atoms with E-state index < -0.39 is 23.9 Å². The van der Waals surface area contributed by atoms with E-state index in [9.17, 15) is 14.0 Å². The predicted molar refractivity (Wildman–Crippen MR) is 91.2 cm³/mol. The maximum atomic E-state index is 13.7. The molecule has 4 rings (SSSR count). The zero-order chi connectivity index (χ0) is 17.0. The van der Waals surface area contributed by atoms with Gasteiger partial charge in [0.25, 0.3) is 0 Å². The smallest absolute Gasteiger partial charge is 0.337 e. The van der Waals surface area contributed by atoms with Crippen LogP contribution in [0, 0.1) is 15.3 Å². The van der Waals surface area contributed by atoms with Crippen molar-refractivity contribution in [1.29, 1.82) is 0 Å². The van der Waals surface area contributed by atoms with E-state index in [2.05, 4.69) is 4.99 Å². The standard InChI is InChI=1S/C17H13FINO4/c1-7-16-15(17(22)24-7)13(8-2-3-9(18)10(19)4-8)14-11(20-16)5-23-6-12(14)21/h2-4,7,13-14H,5-6H2,1H3. The van der Waals surface area contributed by atoms with E-state index in [1.165, 1.54) is 6.07 Å². The number of hydrogen-bond acceptors (Lipinski definition) is 5. The van der Waals surface area contributed by atoms with Crippen molar-refractivity contribution < 1.29 is 23.5 Å². The Hall–Kier alpha value is -1.61. The van der Waals surface area contributed by atoms with Crippen LogP contribution in [0.25, 0.3) is 0 Å². The third-order valence-corrected chi connectivity index (χ3v) is 5.40. The summed E-state index contributed by atoms with van der Waals surface area (Å²) in [6.07, 6.45) is -0.458. The number of cyclic esters (lactones) is 1. The van der Waals surface area contributed by atoms with Gasteiger partial charge in [-0.1, -0.05) is 6.07 Å². The summed E-state index contributed by atoms with van der Waals surface area (Å²) in [6.45, 7) is 2.00. The minimum atomic E-state index is -0.559. The molecular weight excluding hydrogens is 428 g/mol. The van der Waals surface area contributed by atoms with Gasteiger partial charge >= 0.3 is 5.97 Å². The first-order chi connectivity index (χ1) is 11.5. The Kier molecular flexibility index (Phi) is 3.80. The number of halogens is 2. The van der Waals surface area contributed by atoms with Crippen LogP contribution in [0.1, 0.15) is 18.4 Å². The van der Waals surface area contributed by atoms with Crippen molar-refractivity contribution >= 4 is 40.1 Å². The van der Waals surface area contributed by atoms with Gasteiger partial charge in [-0.15, -0.1) is 0 Å². The lowest BCUT2D eigenvalue weighted by Crippen LogP contribution is -2.43. The van der Waals surface area contributed by atoms with Crippen LogP contribution in [-0.4, -0.2) is 36.8 Å². The van der Waals surface area contributed by atoms with Crippen LogP contribution in [0.4, 0.5) is 4.39 Å². The van der Waals surface area contributed by atoms with Gasteiger partial charge < -0.3 is 9.47 Å². The number of ether oxygens (including phenoxy) is 2. The van der Waals surface area contributed by atoms with Crippen molar-refractivity contribution in [2.75, 3.05) is 13.2 Å². The van der Waals surface area contributed by atoms with Crippen LogP contribution in [0.3, 0.4) is 0 Å². The van der Waals surface area contributed by atoms with Crippen LogP contribution in [0.15, 0.2) is 34.5 Å². The van der Waals surface area contributed by atoms with Crippen molar-refractivity contribution in [3.63, 3.8) is 0 Å². The quantitative estimate of drug-likeness (QED) is 0.496. The van der Waals surface area contributed by atoms with Crippen molar-refractivity contribution in [3.05, 3.63) is 44.4 Å². The summed E-state index contributed by atoms with van der Waals surface area (Å²) < 4.78 is 24.7. The number of esters is 1. The van der Waals surface area contributed by atoms with Gasteiger partial charge in [0, 0.05) is 9.49 Å². The van der Waals surface area contributed by atoms with Crippen LogP contribution in [-0.2, 0) is 19.1 Å². The minimum absolute atomic E-state index is 0.00825. The van der Waals surface area contributed by atoms with E-state index in [1.54, 1.807) is 19.1 Å². The van der Waals surface area contributed by atoms with Gasteiger partial charge in [0.15, 0.2) is 5.78 Å². The molecule has 0 aromatic heterocycles. The molecule has 0 radical (unpaired) electrons. The first kappa shape index (κ1) is 15.9. The Labute approximate surface area is 151 Å². The van der Waals surface area contributed by atoms with Crippen molar-refractivity contribution in [2.45, 2.75) is 18.9 Å². The highest BCUT2D eigenvalue weighted by Gasteiger charge is 2.48. The fourth-order valence-electron chi connectivity index (χ4n) is 3.53. The van der Waals surface area contributed by atoms with Gasteiger partial charge in [-0.05, 0) is 47.2 Å². The lowest BCUT2D eigenvalue weighted by atomic mass is 9.73. The molecule has 3 aliphatic rings. The van der Waals surface area contributed by atoms with E-state index in [-0.39, 0.29) is 24.8 Å². The number of benzene rings is 1. The monoisotopic (exact) mass is 441 g/mol. The molecule has 1 aromatic rings. The molecule has 3 unspecified atom stereocenters. The number of Topliss-reactive ketones (excluding diaryl/α,β-unsaturated/α-hetero) is 1. The number of carbonyl (C=O) groups excluding carboxylic acids is 2. The molecule has 1 fully saturated rings. The molecule has 0 bridgehead atoms. The predicted octanol–water partition coefficient (Wildman–Crippen LogP) is 2.38. The van der Waals surface area contributed by atoms with Gasteiger partial charge in [0.1, 0.15) is 18.5 Å². The molecule has 0 aliphatic carbocycles. The minimum Gasteiger partial charge on any atom is -0.453 e. The fraction of sp³-hybridized carbons (Fsp3) is 0.353. The summed E-state index contributed by atoms with van der Waals surface area (Å²) in [5, 5.41) is 0. The molecule has 0 N–H and O–H groups in total. The maximum Gasteiger partial charge on any atom is 0.337 e. The molecule has 0 spiro atoms. The molecule has 24 heavy (non-hydrogen) atoms. The summed E-state index contributed by atoms with van der Waals surface area (Å²) in [4.78, 5) is 29.3. The second-order valence-electron chi connectivity index (χ2n) is 6.04. The summed E-state index contributed by atoms with van der Waals surface area (Å²) in [7, 11) is 0. The number of hydrogen-bond donors (Lipinski definition) is 0. The Morgan fingerprint density at radius 1 is 1.25 bits per heavy atom. The summed E-state index contributed by atoms with van der Waals surface area (Å²) >= 11 is 1.90. The molecule has 124 valence electrons. The first-order valence-corrected chi connectivity index (χ1v) is 8.63. The number of aliphatic imine (C=N–C) groups is 1. The lowest BCUT2D eigenvalue weighted by molar-refractivity contribution is -0.139. The number of ketones is 1. The van der Waals surface area contributed by atoms with Gasteiger partial charge in [-0.3, -0.25) is 9.79 Å². The molecule has 3 heterocycles. The number of carbonyl (C=O) groups is 2. The zero-order valence-electron chi connectivity index (χ0n) is 12.7. The maximum absolute atomic E-state index is 13.7. The average molecular weight is 441 g/mol. The normalized spacial score (nSPS) is 29.1. The van der Waals surface area contributed by atoms with Crippen LogP contribution in [0.2, 0.25) is 0 Å². The molecule has 3 atom stereocenters. The van der Waals surface area contributed by atoms with Gasteiger partial charge in [-0.25, -0.2) is 9.18 Å². The third-order valence-electron chi connectivity index (χ3n) is 4.58. The topological polar surface area (TPSA) is 65.0 Å². The van der Waals surface area contributed by atoms with Crippen molar-refractivity contribution in [1.82, 2.24) is 0 Å². The second-order valence-corrected chi connectivity index (χ2v) is 7.20. The highest BCUT2D eigenvalue weighted by molar-refractivity contribution is 14.1. The average Bonchev–Trinajstić information content (AvgIpc) is 2.83. The Morgan fingerprint density at radius 2 is 2.04 bits per heavy atom. The van der Waals surface area contributed by atoms with E-state index in [0.717, 1.165) is 0 Å². The van der Waals surface area contributed by atoms with Gasteiger partial charge in [0.05, 0.1) is 29.5 Å². The number of fused-ring (bicyclic) bond motifs is 1. The first-order valence-electron chi connectivity index (χ1n) is 7.55. The molecule has 1 saturated heterocycles. The molecule has 0 saturated carbocycles. The van der Waals surface area contributed by atoms with Crippen molar-refractivity contribution in [3.8, 4) is 0 Å². The summed E-state index contributed by atoms with van der Waals surface area (Å²) in [6, 6.07) is 4.65. The van der Waals surface area contributed by atoms with E-state index >= 15 is 0 Å². The van der Waals surface area contributed by atoms with E-state index in [1.807, 2.05) is 22.6 Å². The summed E-state index contributed by atoms with van der Waals surface area (Å²) in [5.74, 6) is -1.97. The van der Waals surface area contributed by atoms with Crippen LogP contribution in [0.5, 0.6) is 0 Å². The van der Waals surface area contributed by atoms with E-state index in [4.69, 9.17) is 9.47 Å². The molecule has 1 aromatic carbocycles. The molecule has 0 amide bonds. The van der Waals surface area contributed by atoms with E-state index in [0.29, 0.717) is 26.1 Å². The van der Waals surface area contributed by atoms with Gasteiger partial charge in [-0.2, -0.15) is 0 Å². The summed E-state index contributed by atoms with van der Waals surface area (Å²) in [5.41, 5.74) is 2.29. The molecule has 7 heteroatoms. The zero-order valence-corrected chi connectivity index (χ0v) is 14.9. The van der Waals surface area contributed by atoms with Crippen LogP contribution >= 0.6 is 22.6 Å². The lowest BCUT2D eigenvalue weighted by Gasteiger charge is -2.34. The Balaban J connectivity index is 1.92. The molecule has 3 aliphatic heterocycles. The fourth-order valence-corrected chi connectivity index (χ4v) is 4.07.